The lowest BCUT2D eigenvalue weighted by molar-refractivity contribution is -0.167. The Labute approximate surface area is 363 Å². The van der Waals surface area contributed by atoms with Crippen molar-refractivity contribution < 1.29 is 28.6 Å². The maximum absolute atomic E-state index is 12.7. The normalized spacial score (nSPS) is 12.8. The molecule has 0 unspecified atom stereocenters. The zero-order valence-corrected chi connectivity index (χ0v) is 38.2. The van der Waals surface area contributed by atoms with E-state index in [1.165, 1.54) is 77.0 Å². The van der Waals surface area contributed by atoms with E-state index in [0.29, 0.717) is 19.3 Å². The van der Waals surface area contributed by atoms with E-state index >= 15 is 0 Å². The lowest BCUT2D eigenvalue weighted by Gasteiger charge is -2.18. The average Bonchev–Trinajstić information content (AvgIpc) is 3.23. The van der Waals surface area contributed by atoms with Crippen LogP contribution in [0, 0.1) is 0 Å². The average molecular weight is 821 g/mol. The van der Waals surface area contributed by atoms with Crippen LogP contribution in [0.1, 0.15) is 213 Å². The van der Waals surface area contributed by atoms with Crippen LogP contribution in [0.5, 0.6) is 0 Å². The summed E-state index contributed by atoms with van der Waals surface area (Å²) < 4.78 is 16.7. The molecular weight excluding hydrogens is 733 g/mol. The summed E-state index contributed by atoms with van der Waals surface area (Å²) in [6.07, 6.45) is 59.9. The maximum Gasteiger partial charge on any atom is 0.306 e. The Morgan fingerprint density at radius 3 is 1.07 bits per heavy atom. The first-order chi connectivity index (χ1) is 29.0. The number of carbonyl (C=O) groups is 3. The van der Waals surface area contributed by atoms with Gasteiger partial charge in [-0.25, -0.2) is 0 Å². The van der Waals surface area contributed by atoms with Gasteiger partial charge in [0.1, 0.15) is 13.2 Å². The molecule has 0 aromatic heterocycles. The third kappa shape index (κ3) is 45.5. The molecule has 1 atom stereocenters. The minimum Gasteiger partial charge on any atom is -0.462 e. The van der Waals surface area contributed by atoms with Gasteiger partial charge in [-0.05, 0) is 96.3 Å². The number of hydrogen-bond acceptors (Lipinski definition) is 6. The smallest absolute Gasteiger partial charge is 0.306 e. The highest BCUT2D eigenvalue weighted by Gasteiger charge is 2.19. The van der Waals surface area contributed by atoms with Gasteiger partial charge in [0.05, 0.1) is 0 Å². The van der Waals surface area contributed by atoms with Crippen molar-refractivity contribution in [3.05, 3.63) is 85.1 Å². The van der Waals surface area contributed by atoms with Crippen molar-refractivity contribution in [3.8, 4) is 0 Å². The maximum atomic E-state index is 12.7. The van der Waals surface area contributed by atoms with Crippen molar-refractivity contribution in [2.75, 3.05) is 13.2 Å². The Morgan fingerprint density at radius 2 is 0.661 bits per heavy atom. The molecule has 0 N–H and O–H groups in total. The lowest BCUT2D eigenvalue weighted by atomic mass is 10.1. The second kappa shape index (κ2) is 47.3. The van der Waals surface area contributed by atoms with Gasteiger partial charge in [-0.1, -0.05) is 183 Å². The first kappa shape index (κ1) is 55.6. The number of unbranched alkanes of at least 4 members (excludes halogenated alkanes) is 17. The molecule has 0 aliphatic carbocycles. The fraction of sp³-hybridized carbons (Fsp3) is 0.679. The van der Waals surface area contributed by atoms with E-state index < -0.39 is 6.10 Å². The number of carbonyl (C=O) groups excluding carboxylic acids is 3. The fourth-order valence-corrected chi connectivity index (χ4v) is 6.26. The molecule has 0 heterocycles. The molecule has 6 nitrogen and oxygen atoms in total. The number of ether oxygens (including phenoxy) is 3. The molecular formula is C53H88O6. The number of rotatable bonds is 42. The molecule has 0 fully saturated rings. The van der Waals surface area contributed by atoms with Crippen LogP contribution in [0.4, 0.5) is 0 Å². The second-order valence-corrected chi connectivity index (χ2v) is 15.6. The summed E-state index contributed by atoms with van der Waals surface area (Å²) in [5.74, 6) is -0.992. The van der Waals surface area contributed by atoms with Crippen LogP contribution in [0.15, 0.2) is 85.1 Å². The summed E-state index contributed by atoms with van der Waals surface area (Å²) in [5, 5.41) is 0. The molecule has 0 amide bonds. The van der Waals surface area contributed by atoms with E-state index in [4.69, 9.17) is 14.2 Å². The molecule has 336 valence electrons. The fourth-order valence-electron chi connectivity index (χ4n) is 6.26. The SMILES string of the molecule is CC/C=C\C/C=C\C/C=C\C/C=C\CCCCC(=O)OC[C@@H](COC(=O)CCCCCCCCCCCCC)OC(=O)CCCC/C=C\C/C=C\C/C=C\CCCCC. The first-order valence-corrected chi connectivity index (χ1v) is 24.1. The van der Waals surface area contributed by atoms with Crippen molar-refractivity contribution in [3.63, 3.8) is 0 Å². The highest BCUT2D eigenvalue weighted by atomic mass is 16.6. The predicted octanol–water partition coefficient (Wildman–Crippen LogP) is 15.6. The lowest BCUT2D eigenvalue weighted by Crippen LogP contribution is -2.30. The van der Waals surface area contributed by atoms with Crippen molar-refractivity contribution in [1.82, 2.24) is 0 Å². The highest BCUT2D eigenvalue weighted by molar-refractivity contribution is 5.71. The summed E-state index contributed by atoms with van der Waals surface area (Å²) >= 11 is 0. The van der Waals surface area contributed by atoms with E-state index in [1.807, 2.05) is 0 Å². The number of allylic oxidation sites excluding steroid dienone is 14. The summed E-state index contributed by atoms with van der Waals surface area (Å²) in [4.78, 5) is 37.8. The van der Waals surface area contributed by atoms with Gasteiger partial charge in [-0.3, -0.25) is 14.4 Å². The molecule has 0 aromatic carbocycles. The van der Waals surface area contributed by atoms with Crippen LogP contribution >= 0.6 is 0 Å². The van der Waals surface area contributed by atoms with Crippen LogP contribution in [-0.4, -0.2) is 37.2 Å². The first-order valence-electron chi connectivity index (χ1n) is 24.1. The van der Waals surface area contributed by atoms with Crippen LogP contribution < -0.4 is 0 Å². The number of hydrogen-bond donors (Lipinski definition) is 0. The summed E-state index contributed by atoms with van der Waals surface area (Å²) in [6.45, 7) is 6.40. The van der Waals surface area contributed by atoms with Gasteiger partial charge >= 0.3 is 17.9 Å². The molecule has 0 rings (SSSR count). The molecule has 0 aliphatic heterocycles. The summed E-state index contributed by atoms with van der Waals surface area (Å²) in [5.41, 5.74) is 0. The molecule has 0 bridgehead atoms. The molecule has 6 heteroatoms. The van der Waals surface area contributed by atoms with Gasteiger partial charge in [0.25, 0.3) is 0 Å². The van der Waals surface area contributed by atoms with Crippen LogP contribution in [-0.2, 0) is 28.6 Å². The topological polar surface area (TPSA) is 78.9 Å². The molecule has 0 spiro atoms. The van der Waals surface area contributed by atoms with Gasteiger partial charge in [-0.2, -0.15) is 0 Å². The van der Waals surface area contributed by atoms with Crippen LogP contribution in [0.3, 0.4) is 0 Å². The zero-order valence-electron chi connectivity index (χ0n) is 38.2. The van der Waals surface area contributed by atoms with Crippen molar-refractivity contribution >= 4 is 17.9 Å². The van der Waals surface area contributed by atoms with E-state index in [0.717, 1.165) is 89.9 Å². The van der Waals surface area contributed by atoms with Crippen LogP contribution in [0.25, 0.3) is 0 Å². The minimum absolute atomic E-state index is 0.105. The Bertz CT molecular complexity index is 1170. The van der Waals surface area contributed by atoms with E-state index in [2.05, 4.69) is 106 Å². The Kier molecular flexibility index (Phi) is 44.5. The monoisotopic (exact) mass is 821 g/mol. The van der Waals surface area contributed by atoms with E-state index in [9.17, 15) is 14.4 Å². The van der Waals surface area contributed by atoms with Crippen molar-refractivity contribution in [2.45, 2.75) is 219 Å². The third-order valence-electron chi connectivity index (χ3n) is 9.88. The van der Waals surface area contributed by atoms with Gasteiger partial charge in [-0.15, -0.1) is 0 Å². The standard InChI is InChI=1S/C53H88O6/c1-4-7-10-13-16-19-22-24-26-28-31-34-37-40-43-46-52(55)58-49-50(48-57-51(54)45-42-39-36-33-30-21-18-15-12-9-6-3)59-53(56)47-44-41-38-35-32-29-27-25-23-20-17-14-11-8-5-2/h7,10,16-17,19-20,24-27,31-32,34-35,50H,4-6,8-9,11-15,18,21-23,28-30,33,36-49H2,1-3H3/b10-7-,19-16-,20-17-,26-24-,27-25-,34-31-,35-32-/t50-/m1/s1. The van der Waals surface area contributed by atoms with Gasteiger partial charge < -0.3 is 14.2 Å². The second-order valence-electron chi connectivity index (χ2n) is 15.6. The minimum atomic E-state index is -0.810. The molecule has 0 radical (unpaired) electrons. The molecule has 0 aliphatic rings. The van der Waals surface area contributed by atoms with E-state index in [-0.39, 0.29) is 37.5 Å². The van der Waals surface area contributed by atoms with E-state index in [1.54, 1.807) is 0 Å². The van der Waals surface area contributed by atoms with Gasteiger partial charge in [0, 0.05) is 19.3 Å². The van der Waals surface area contributed by atoms with Crippen molar-refractivity contribution in [2.24, 2.45) is 0 Å². The summed E-state index contributed by atoms with van der Waals surface area (Å²) in [7, 11) is 0. The quantitative estimate of drug-likeness (QED) is 0.0264. The molecule has 59 heavy (non-hydrogen) atoms. The Balaban J connectivity index is 4.52. The zero-order chi connectivity index (χ0) is 43.0. The molecule has 0 saturated heterocycles. The number of esters is 3. The van der Waals surface area contributed by atoms with Gasteiger partial charge in [0.2, 0.25) is 0 Å². The van der Waals surface area contributed by atoms with Gasteiger partial charge in [0.15, 0.2) is 6.10 Å². The Hall–Kier alpha value is -3.41. The molecule has 0 aromatic rings. The largest absolute Gasteiger partial charge is 0.462 e. The Morgan fingerprint density at radius 1 is 0.356 bits per heavy atom. The van der Waals surface area contributed by atoms with Crippen molar-refractivity contribution in [1.29, 1.82) is 0 Å². The highest BCUT2D eigenvalue weighted by Crippen LogP contribution is 2.13. The predicted molar refractivity (Wildman–Crippen MR) is 251 cm³/mol. The molecule has 0 saturated carbocycles. The van der Waals surface area contributed by atoms with Crippen LogP contribution in [0.2, 0.25) is 0 Å². The third-order valence-corrected chi connectivity index (χ3v) is 9.88. The summed E-state index contributed by atoms with van der Waals surface area (Å²) in [6, 6.07) is 0.